The molecule has 0 radical (unpaired) electrons. The summed E-state index contributed by atoms with van der Waals surface area (Å²) < 4.78 is 12.2. The van der Waals surface area contributed by atoms with Crippen LogP contribution in [0.25, 0.3) is 0 Å². The molecule has 2 rings (SSSR count). The number of carbonyl (C=O) groups excluding carboxylic acids is 2. The van der Waals surface area contributed by atoms with Gasteiger partial charge in [0.2, 0.25) is 0 Å². The van der Waals surface area contributed by atoms with E-state index >= 15 is 0 Å². The first-order valence-electron chi connectivity index (χ1n) is 8.01. The van der Waals surface area contributed by atoms with Crippen molar-refractivity contribution >= 4 is 57.1 Å². The Balaban J connectivity index is 1.97. The molecular weight excluding hydrogens is 470 g/mol. The van der Waals surface area contributed by atoms with E-state index in [1.165, 1.54) is 29.3 Å². The lowest BCUT2D eigenvalue weighted by molar-refractivity contribution is -0.120. The number of thioether (sulfide) groups is 1. The summed E-state index contributed by atoms with van der Waals surface area (Å²) in [4.78, 5) is 22.8. The van der Waals surface area contributed by atoms with Crippen molar-refractivity contribution in [3.8, 4) is 11.5 Å². The van der Waals surface area contributed by atoms with Gasteiger partial charge in [0.1, 0.15) is 5.01 Å². The molecule has 0 saturated carbocycles. The largest absolute Gasteiger partial charge is 0.490 e. The van der Waals surface area contributed by atoms with Gasteiger partial charge in [-0.1, -0.05) is 23.1 Å². The van der Waals surface area contributed by atoms with Crippen LogP contribution in [0.3, 0.4) is 0 Å². The fourth-order valence-electron chi connectivity index (χ4n) is 1.88. The van der Waals surface area contributed by atoms with E-state index in [9.17, 15) is 9.59 Å². The molecule has 0 aliphatic carbocycles. The number of nitrogens with one attached hydrogen (secondary N) is 1. The highest BCUT2D eigenvalue weighted by atomic mass is 79.9. The number of hydrogen-bond donors (Lipinski definition) is 2. The predicted octanol–water partition coefficient (Wildman–Crippen LogP) is 2.11. The van der Waals surface area contributed by atoms with Gasteiger partial charge in [0, 0.05) is 0 Å². The summed E-state index contributed by atoms with van der Waals surface area (Å²) in [5.41, 5.74) is 8.22. The number of hydrazone groups is 1. The maximum absolute atomic E-state index is 11.9. The molecule has 1 heterocycles. The normalized spacial score (nSPS) is 10.8. The number of primary amides is 1. The molecule has 28 heavy (non-hydrogen) atoms. The molecule has 12 heteroatoms. The Morgan fingerprint density at radius 3 is 2.82 bits per heavy atom. The molecule has 1 aromatic carbocycles. The molecule has 150 valence electrons. The molecule has 0 unspecified atom stereocenters. The van der Waals surface area contributed by atoms with Crippen molar-refractivity contribution in [2.45, 2.75) is 18.2 Å². The van der Waals surface area contributed by atoms with Gasteiger partial charge in [0.25, 0.3) is 11.8 Å². The molecule has 0 fully saturated rings. The van der Waals surface area contributed by atoms with E-state index in [4.69, 9.17) is 15.2 Å². The summed E-state index contributed by atoms with van der Waals surface area (Å²) >= 11 is 6.09. The highest BCUT2D eigenvalue weighted by Crippen LogP contribution is 2.36. The highest BCUT2D eigenvalue weighted by Gasteiger charge is 2.13. The highest BCUT2D eigenvalue weighted by molar-refractivity contribution is 9.10. The summed E-state index contributed by atoms with van der Waals surface area (Å²) in [5.74, 6) is 0.113. The number of nitrogens with zero attached hydrogens (tertiary/aromatic N) is 3. The SMILES string of the molecule is CCOc1cc(/C=N\NC(=O)CSc2nnc(C)s2)cc(Br)c1OCC(N)=O. The van der Waals surface area contributed by atoms with E-state index in [-0.39, 0.29) is 18.3 Å². The minimum atomic E-state index is -0.593. The van der Waals surface area contributed by atoms with Crippen molar-refractivity contribution in [2.75, 3.05) is 19.0 Å². The molecule has 0 aliphatic heterocycles. The Kier molecular flexibility index (Phi) is 8.67. The van der Waals surface area contributed by atoms with Gasteiger partial charge >= 0.3 is 0 Å². The van der Waals surface area contributed by atoms with Crippen LogP contribution >= 0.6 is 39.0 Å². The Morgan fingerprint density at radius 1 is 1.39 bits per heavy atom. The third kappa shape index (κ3) is 7.09. The van der Waals surface area contributed by atoms with E-state index in [2.05, 4.69) is 36.7 Å². The predicted molar refractivity (Wildman–Crippen MR) is 111 cm³/mol. The monoisotopic (exact) mass is 487 g/mol. The Hall–Kier alpha value is -2.18. The maximum atomic E-state index is 11.9. The maximum Gasteiger partial charge on any atom is 0.255 e. The van der Waals surface area contributed by atoms with E-state index < -0.39 is 5.91 Å². The minimum absolute atomic E-state index is 0.180. The van der Waals surface area contributed by atoms with E-state index in [1.807, 2.05) is 13.8 Å². The molecule has 3 N–H and O–H groups in total. The van der Waals surface area contributed by atoms with Crippen molar-refractivity contribution in [3.63, 3.8) is 0 Å². The van der Waals surface area contributed by atoms with E-state index in [1.54, 1.807) is 12.1 Å². The Morgan fingerprint density at radius 2 is 2.18 bits per heavy atom. The number of halogens is 1. The number of aryl methyl sites for hydroxylation is 1. The van der Waals surface area contributed by atoms with E-state index in [0.717, 1.165) is 9.35 Å². The zero-order chi connectivity index (χ0) is 20.5. The van der Waals surface area contributed by atoms with Crippen LogP contribution in [0.4, 0.5) is 0 Å². The fourth-order valence-corrected chi connectivity index (χ4v) is 4.07. The number of carbonyl (C=O) groups is 2. The van der Waals surface area contributed by atoms with Crippen LogP contribution in [-0.4, -0.2) is 47.2 Å². The van der Waals surface area contributed by atoms with Crippen LogP contribution in [0.5, 0.6) is 11.5 Å². The second-order valence-corrected chi connectivity index (χ2v) is 8.45. The van der Waals surface area contributed by atoms with Crippen molar-refractivity contribution in [3.05, 3.63) is 27.2 Å². The Bertz CT molecular complexity index is 875. The van der Waals surface area contributed by atoms with Crippen LogP contribution < -0.4 is 20.6 Å². The molecular formula is C16H18BrN5O4S2. The fraction of sp³-hybridized carbons (Fsp3) is 0.312. The summed E-state index contributed by atoms with van der Waals surface area (Å²) in [6.07, 6.45) is 1.48. The summed E-state index contributed by atoms with van der Waals surface area (Å²) in [7, 11) is 0. The number of amides is 2. The van der Waals surface area contributed by atoms with Crippen LogP contribution in [0, 0.1) is 6.92 Å². The zero-order valence-corrected chi connectivity index (χ0v) is 18.3. The molecule has 2 aromatic rings. The van der Waals surface area contributed by atoms with Crippen LogP contribution in [-0.2, 0) is 9.59 Å². The number of benzene rings is 1. The lowest BCUT2D eigenvalue weighted by Crippen LogP contribution is -2.20. The number of ether oxygens (including phenoxy) is 2. The first-order chi connectivity index (χ1) is 13.4. The standard InChI is InChI=1S/C16H18BrN5O4S2/c1-3-25-12-5-10(4-11(17)15(12)26-7-13(18)23)6-19-21-14(24)8-27-16-22-20-9(2)28-16/h4-6H,3,7-8H2,1-2H3,(H2,18,23)(H,21,24)/b19-6-. The van der Waals surface area contributed by atoms with Crippen molar-refractivity contribution < 1.29 is 19.1 Å². The van der Waals surface area contributed by atoms with Gasteiger partial charge in [0.05, 0.1) is 23.0 Å². The molecule has 1 aromatic heterocycles. The molecule has 0 saturated heterocycles. The van der Waals surface area contributed by atoms with Crippen LogP contribution in [0.15, 0.2) is 26.0 Å². The third-order valence-electron chi connectivity index (χ3n) is 2.93. The van der Waals surface area contributed by atoms with Crippen molar-refractivity contribution in [2.24, 2.45) is 10.8 Å². The molecule has 0 atom stereocenters. The van der Waals surface area contributed by atoms with Crippen LogP contribution in [0.2, 0.25) is 0 Å². The summed E-state index contributed by atoms with van der Waals surface area (Å²) in [5, 5.41) is 12.6. The number of rotatable bonds is 10. The number of hydrogen-bond acceptors (Lipinski definition) is 9. The first-order valence-corrected chi connectivity index (χ1v) is 10.6. The first kappa shape index (κ1) is 22.1. The molecule has 0 bridgehead atoms. The van der Waals surface area contributed by atoms with Crippen molar-refractivity contribution in [1.29, 1.82) is 0 Å². The van der Waals surface area contributed by atoms with Crippen molar-refractivity contribution in [1.82, 2.24) is 15.6 Å². The average Bonchev–Trinajstić information content (AvgIpc) is 3.05. The molecule has 0 aliphatic rings. The quantitative estimate of drug-likeness (QED) is 0.298. The molecule has 9 nitrogen and oxygen atoms in total. The van der Waals surface area contributed by atoms with Crippen LogP contribution in [0.1, 0.15) is 17.5 Å². The van der Waals surface area contributed by atoms with Gasteiger partial charge in [0.15, 0.2) is 22.4 Å². The van der Waals surface area contributed by atoms with Gasteiger partial charge in [-0.25, -0.2) is 5.43 Å². The van der Waals surface area contributed by atoms with Gasteiger partial charge < -0.3 is 15.2 Å². The van der Waals surface area contributed by atoms with Gasteiger partial charge in [-0.05, 0) is 47.5 Å². The third-order valence-corrected chi connectivity index (χ3v) is 5.49. The second kappa shape index (κ2) is 11.0. The van der Waals surface area contributed by atoms with E-state index in [0.29, 0.717) is 28.1 Å². The molecule has 2 amide bonds. The smallest absolute Gasteiger partial charge is 0.255 e. The van der Waals surface area contributed by atoms with Gasteiger partial charge in [-0.3, -0.25) is 9.59 Å². The topological polar surface area (TPSA) is 129 Å². The number of aromatic nitrogens is 2. The minimum Gasteiger partial charge on any atom is -0.490 e. The average molecular weight is 488 g/mol. The number of nitrogens with two attached hydrogens (primary N) is 1. The van der Waals surface area contributed by atoms with Gasteiger partial charge in [-0.2, -0.15) is 5.10 Å². The zero-order valence-electron chi connectivity index (χ0n) is 15.1. The lowest BCUT2D eigenvalue weighted by atomic mass is 10.2. The summed E-state index contributed by atoms with van der Waals surface area (Å²) in [6.45, 7) is 3.81. The van der Waals surface area contributed by atoms with Gasteiger partial charge in [-0.15, -0.1) is 10.2 Å². The molecule has 0 spiro atoms. The second-order valence-electron chi connectivity index (χ2n) is 5.19. The lowest BCUT2D eigenvalue weighted by Gasteiger charge is -2.13. The Labute approximate surface area is 178 Å². The summed E-state index contributed by atoms with van der Waals surface area (Å²) in [6, 6.07) is 3.40.